The van der Waals surface area contributed by atoms with Gasteiger partial charge in [0.2, 0.25) is 0 Å². The van der Waals surface area contributed by atoms with Crippen LogP contribution in [0.4, 0.5) is 5.82 Å². The first-order valence-corrected chi connectivity index (χ1v) is 12.1. The minimum Gasteiger partial charge on any atom is -0.343 e. The Morgan fingerprint density at radius 2 is 1.82 bits per heavy atom. The maximum atomic E-state index is 13.6. The van der Waals surface area contributed by atoms with Crippen LogP contribution in [0.25, 0.3) is 5.69 Å². The number of ketones is 1. The second-order valence-electron chi connectivity index (χ2n) is 8.43. The highest BCUT2D eigenvalue weighted by Crippen LogP contribution is 2.47. The van der Waals surface area contributed by atoms with Gasteiger partial charge in [-0.1, -0.05) is 48.0 Å². The first-order chi connectivity index (χ1) is 16.1. The first-order valence-electron chi connectivity index (χ1n) is 10.8. The number of aromatic nitrogens is 2. The molecule has 0 saturated carbocycles. The van der Waals surface area contributed by atoms with Gasteiger partial charge in [0.1, 0.15) is 5.82 Å². The highest BCUT2D eigenvalue weighted by molar-refractivity contribution is 7.10. The number of hydrogen-bond donors (Lipinski definition) is 2. The summed E-state index contributed by atoms with van der Waals surface area (Å²) in [6, 6.07) is 21.0. The number of hydrogen-bond acceptors (Lipinski definition) is 4. The second kappa shape index (κ2) is 7.90. The van der Waals surface area contributed by atoms with Crippen molar-refractivity contribution in [3.63, 3.8) is 0 Å². The van der Waals surface area contributed by atoms with Crippen molar-refractivity contribution in [2.24, 2.45) is 0 Å². The Morgan fingerprint density at radius 3 is 2.58 bits per heavy atom. The minimum atomic E-state index is -0.472. The fourth-order valence-corrected chi connectivity index (χ4v) is 6.03. The van der Waals surface area contributed by atoms with Gasteiger partial charge in [-0.25, -0.2) is 4.68 Å². The van der Waals surface area contributed by atoms with E-state index >= 15 is 0 Å². The number of nitrogens with one attached hydrogen (secondary N) is 2. The van der Waals surface area contributed by atoms with Gasteiger partial charge in [-0.05, 0) is 47.7 Å². The van der Waals surface area contributed by atoms with E-state index in [1.54, 1.807) is 17.4 Å². The first kappa shape index (κ1) is 20.3. The fourth-order valence-electron chi connectivity index (χ4n) is 5.00. The highest BCUT2D eigenvalue weighted by atomic mass is 35.5. The van der Waals surface area contributed by atoms with Gasteiger partial charge < -0.3 is 5.32 Å². The van der Waals surface area contributed by atoms with Crippen molar-refractivity contribution in [1.82, 2.24) is 9.78 Å². The number of rotatable bonds is 3. The molecule has 164 valence electrons. The number of anilines is 1. The van der Waals surface area contributed by atoms with Crippen LogP contribution in [0.5, 0.6) is 0 Å². The maximum Gasteiger partial charge on any atom is 0.277 e. The van der Waals surface area contributed by atoms with E-state index in [1.165, 1.54) is 9.56 Å². The fraction of sp³-hybridized carbons (Fsp3) is 0.154. The van der Waals surface area contributed by atoms with Gasteiger partial charge in [-0.3, -0.25) is 14.7 Å². The Hall–Kier alpha value is -3.35. The van der Waals surface area contributed by atoms with Crippen molar-refractivity contribution in [3.05, 3.63) is 115 Å². The number of para-hydroxylation sites is 1. The molecule has 4 aromatic rings. The summed E-state index contributed by atoms with van der Waals surface area (Å²) in [7, 11) is 0. The number of benzene rings is 2. The molecule has 0 spiro atoms. The predicted octanol–water partition coefficient (Wildman–Crippen LogP) is 5.84. The molecular formula is C26H20ClN3O2S. The molecule has 2 aromatic heterocycles. The van der Waals surface area contributed by atoms with E-state index in [-0.39, 0.29) is 17.3 Å². The van der Waals surface area contributed by atoms with Gasteiger partial charge in [-0.2, -0.15) is 0 Å². The molecule has 3 heterocycles. The molecule has 1 aliphatic carbocycles. The zero-order valence-electron chi connectivity index (χ0n) is 17.5. The van der Waals surface area contributed by atoms with E-state index in [2.05, 4.69) is 16.5 Å². The molecule has 0 unspecified atom stereocenters. The van der Waals surface area contributed by atoms with Crippen molar-refractivity contribution < 1.29 is 4.79 Å². The van der Waals surface area contributed by atoms with E-state index in [4.69, 9.17) is 11.6 Å². The Bertz CT molecular complexity index is 1450. The van der Waals surface area contributed by atoms with Crippen LogP contribution < -0.4 is 10.9 Å². The summed E-state index contributed by atoms with van der Waals surface area (Å²) in [5, 5.41) is 9.29. The highest BCUT2D eigenvalue weighted by Gasteiger charge is 2.41. The largest absolute Gasteiger partial charge is 0.343 e. The lowest BCUT2D eigenvalue weighted by atomic mass is 9.74. The minimum absolute atomic E-state index is 0.0737. The van der Waals surface area contributed by atoms with Crippen LogP contribution in [0.3, 0.4) is 0 Å². The molecule has 2 aromatic carbocycles. The summed E-state index contributed by atoms with van der Waals surface area (Å²) in [4.78, 5) is 28.4. The molecule has 5 nitrogen and oxygen atoms in total. The van der Waals surface area contributed by atoms with Crippen molar-refractivity contribution in [2.45, 2.75) is 24.7 Å². The lowest BCUT2D eigenvalue weighted by Gasteiger charge is -2.34. The monoisotopic (exact) mass is 473 g/mol. The standard InChI is InChI=1S/C26H20ClN3O2S/c27-17-7-4-6-15(12-17)22-23-19(13-16(14-20(23)31)21-10-5-11-33-21)28-25-24(22)26(32)30(29-25)18-8-2-1-3-9-18/h1-12,16,22,28-29H,13-14H2/t16-,22-/m1/s1. The van der Waals surface area contributed by atoms with Crippen LogP contribution in [-0.2, 0) is 4.79 Å². The molecule has 0 saturated heterocycles. The Kier molecular flexibility index (Phi) is 4.85. The molecule has 1 aliphatic heterocycles. The number of Topliss-reactive ketones (excluding diaryl/α,β-unsaturated/α-hetero) is 1. The molecule has 0 radical (unpaired) electrons. The molecule has 7 heteroatoms. The van der Waals surface area contributed by atoms with Crippen molar-refractivity contribution in [2.75, 3.05) is 5.32 Å². The zero-order chi connectivity index (χ0) is 22.5. The van der Waals surface area contributed by atoms with Crippen LogP contribution in [-0.4, -0.2) is 15.6 Å². The summed E-state index contributed by atoms with van der Waals surface area (Å²) in [5.41, 5.74) is 3.51. The van der Waals surface area contributed by atoms with Gasteiger partial charge in [0.25, 0.3) is 5.56 Å². The summed E-state index contributed by atoms with van der Waals surface area (Å²) in [6.45, 7) is 0. The molecule has 33 heavy (non-hydrogen) atoms. The third-order valence-corrected chi connectivity index (χ3v) is 7.70. The van der Waals surface area contributed by atoms with E-state index < -0.39 is 5.92 Å². The number of H-pyrrole nitrogens is 1. The number of fused-ring (bicyclic) bond motifs is 1. The molecule has 0 bridgehead atoms. The van der Waals surface area contributed by atoms with Crippen LogP contribution in [0, 0.1) is 0 Å². The van der Waals surface area contributed by atoms with Gasteiger partial charge >= 0.3 is 0 Å². The average molecular weight is 474 g/mol. The molecule has 2 aliphatic rings. The van der Waals surface area contributed by atoms with Crippen molar-refractivity contribution >= 4 is 34.5 Å². The number of carbonyl (C=O) groups is 1. The van der Waals surface area contributed by atoms with Gasteiger partial charge in [0.15, 0.2) is 5.78 Å². The second-order valence-corrected chi connectivity index (χ2v) is 9.84. The molecule has 0 amide bonds. The van der Waals surface area contributed by atoms with E-state index in [9.17, 15) is 9.59 Å². The lowest BCUT2D eigenvalue weighted by molar-refractivity contribution is -0.116. The summed E-state index contributed by atoms with van der Waals surface area (Å²) >= 11 is 8.01. The number of thiophene rings is 1. The number of aromatic amines is 1. The smallest absolute Gasteiger partial charge is 0.277 e. The zero-order valence-corrected chi connectivity index (χ0v) is 19.1. The summed E-state index contributed by atoms with van der Waals surface area (Å²) < 4.78 is 1.54. The molecule has 0 fully saturated rings. The molecule has 6 rings (SSSR count). The number of nitrogens with zero attached hydrogens (tertiary/aromatic N) is 1. The third kappa shape index (κ3) is 3.37. The van der Waals surface area contributed by atoms with Gasteiger partial charge in [0, 0.05) is 39.4 Å². The Balaban J connectivity index is 1.54. The normalized spacial score (nSPS) is 19.7. The van der Waals surface area contributed by atoms with Crippen LogP contribution in [0.2, 0.25) is 5.02 Å². The maximum absolute atomic E-state index is 13.6. The number of halogens is 1. The Labute approximate surface area is 199 Å². The lowest BCUT2D eigenvalue weighted by Crippen LogP contribution is -2.31. The third-order valence-electron chi connectivity index (χ3n) is 6.43. The van der Waals surface area contributed by atoms with E-state index in [1.807, 2.05) is 60.0 Å². The molecular weight excluding hydrogens is 454 g/mol. The van der Waals surface area contributed by atoms with E-state index in [0.29, 0.717) is 28.4 Å². The van der Waals surface area contributed by atoms with Gasteiger partial charge in [-0.15, -0.1) is 11.3 Å². The van der Waals surface area contributed by atoms with Crippen molar-refractivity contribution in [3.8, 4) is 5.69 Å². The van der Waals surface area contributed by atoms with Crippen LogP contribution in [0.1, 0.15) is 40.7 Å². The van der Waals surface area contributed by atoms with Crippen molar-refractivity contribution in [1.29, 1.82) is 0 Å². The quantitative estimate of drug-likeness (QED) is 0.393. The van der Waals surface area contributed by atoms with Crippen LogP contribution >= 0.6 is 22.9 Å². The molecule has 2 atom stereocenters. The summed E-state index contributed by atoms with van der Waals surface area (Å²) in [6.07, 6.45) is 1.15. The van der Waals surface area contributed by atoms with Crippen LogP contribution in [0.15, 0.2) is 88.2 Å². The van der Waals surface area contributed by atoms with Gasteiger partial charge in [0.05, 0.1) is 11.3 Å². The number of carbonyl (C=O) groups excluding carboxylic acids is 1. The average Bonchev–Trinajstić information content (AvgIpc) is 3.47. The SMILES string of the molecule is O=C1C[C@H](c2cccs2)CC2=C1[C@@H](c1cccc(Cl)c1)c1c([nH]n(-c3ccccc3)c1=O)N2. The molecule has 2 N–H and O–H groups in total. The number of allylic oxidation sites excluding steroid dienone is 2. The van der Waals surface area contributed by atoms with E-state index in [0.717, 1.165) is 23.4 Å². The topological polar surface area (TPSA) is 66.9 Å². The summed E-state index contributed by atoms with van der Waals surface area (Å²) in [5.74, 6) is 0.366. The predicted molar refractivity (Wildman–Crippen MR) is 132 cm³/mol. The Morgan fingerprint density at radius 1 is 0.970 bits per heavy atom.